The van der Waals surface area contributed by atoms with Gasteiger partial charge >= 0.3 is 0 Å². The Morgan fingerprint density at radius 1 is 1.21 bits per heavy atom. The number of nitrogens with one attached hydrogen (secondary N) is 1. The molecule has 1 aromatic carbocycles. The summed E-state index contributed by atoms with van der Waals surface area (Å²) < 4.78 is 51.5. The molecule has 0 aliphatic carbocycles. The largest absolute Gasteiger partial charge is 0.337 e. The van der Waals surface area contributed by atoms with E-state index < -0.39 is 20.0 Å². The second-order valence-corrected chi connectivity index (χ2v) is 8.43. The van der Waals surface area contributed by atoms with Crippen molar-refractivity contribution in [3.63, 3.8) is 0 Å². The summed E-state index contributed by atoms with van der Waals surface area (Å²) in [7, 11) is -8.21. The van der Waals surface area contributed by atoms with Crippen molar-refractivity contribution in [1.29, 1.82) is 0 Å². The Bertz CT molecular complexity index is 1080. The van der Waals surface area contributed by atoms with E-state index in [2.05, 4.69) is 19.9 Å². The number of benzene rings is 1. The molecular formula is C12H10ClN5O4S2. The van der Waals surface area contributed by atoms with Crippen molar-refractivity contribution in [1.82, 2.24) is 10.2 Å². The third-order valence-electron chi connectivity index (χ3n) is 3.20. The van der Waals surface area contributed by atoms with Gasteiger partial charge in [0.2, 0.25) is 10.0 Å². The van der Waals surface area contributed by atoms with Crippen LogP contribution in [0.25, 0.3) is 0 Å². The first kappa shape index (κ1) is 16.8. The van der Waals surface area contributed by atoms with Gasteiger partial charge in [-0.2, -0.15) is 8.42 Å². The van der Waals surface area contributed by atoms with Gasteiger partial charge in [-0.3, -0.25) is 0 Å². The van der Waals surface area contributed by atoms with Gasteiger partial charge < -0.3 is 5.32 Å². The number of primary sulfonamides is 1. The minimum atomic E-state index is -4.14. The molecule has 0 fully saturated rings. The average molecular weight is 388 g/mol. The Hall–Kier alpha value is -2.08. The first-order valence-electron chi connectivity index (χ1n) is 6.37. The summed E-state index contributed by atoms with van der Waals surface area (Å²) in [5, 5.41) is 15.4. The van der Waals surface area contributed by atoms with Crippen LogP contribution in [0.5, 0.6) is 0 Å². The fraction of sp³-hybridized carbons (Fsp3) is 0.0833. The van der Waals surface area contributed by atoms with Gasteiger partial charge in [-0.05, 0) is 36.8 Å². The molecule has 1 aromatic heterocycles. The van der Waals surface area contributed by atoms with Gasteiger partial charge in [0.25, 0.3) is 10.0 Å². The van der Waals surface area contributed by atoms with Crippen LogP contribution in [-0.2, 0) is 20.0 Å². The van der Waals surface area contributed by atoms with Crippen molar-refractivity contribution >= 4 is 43.2 Å². The number of amidine groups is 1. The summed E-state index contributed by atoms with van der Waals surface area (Å²) >= 11 is 5.65. The molecule has 0 unspecified atom stereocenters. The van der Waals surface area contributed by atoms with E-state index >= 15 is 0 Å². The van der Waals surface area contributed by atoms with Crippen LogP contribution in [-0.4, -0.2) is 32.9 Å². The van der Waals surface area contributed by atoms with Crippen LogP contribution < -0.4 is 10.5 Å². The van der Waals surface area contributed by atoms with Gasteiger partial charge in [0, 0.05) is 0 Å². The Balaban J connectivity index is 2.18. The molecule has 1 aliphatic rings. The molecule has 9 nitrogen and oxygen atoms in total. The minimum absolute atomic E-state index is 0.0468. The number of sulfonamides is 2. The van der Waals surface area contributed by atoms with E-state index in [-0.39, 0.29) is 32.2 Å². The molecule has 2 heterocycles. The summed E-state index contributed by atoms with van der Waals surface area (Å²) in [6, 6.07) is 5.24. The SMILES string of the molecule is Cc1cc2c(cc1S(N)(=O)=O)S(=O)(=O)N=C(c1ccc(Cl)nn1)N2. The number of nitrogens with two attached hydrogens (primary N) is 1. The van der Waals surface area contributed by atoms with Gasteiger partial charge in [-0.1, -0.05) is 11.6 Å². The predicted octanol–water partition coefficient (Wildman–Crippen LogP) is 0.647. The molecule has 0 amide bonds. The number of halogens is 1. The van der Waals surface area contributed by atoms with E-state index in [0.717, 1.165) is 6.07 Å². The van der Waals surface area contributed by atoms with E-state index in [4.69, 9.17) is 16.7 Å². The van der Waals surface area contributed by atoms with Crippen LogP contribution in [0.2, 0.25) is 5.15 Å². The smallest absolute Gasteiger partial charge is 0.286 e. The van der Waals surface area contributed by atoms with Crippen LogP contribution in [0.4, 0.5) is 5.69 Å². The third kappa shape index (κ3) is 2.98. The zero-order chi connectivity index (χ0) is 17.7. The summed E-state index contributed by atoms with van der Waals surface area (Å²) in [6.07, 6.45) is 0. The first-order chi connectivity index (χ1) is 11.1. The molecule has 0 bridgehead atoms. The zero-order valence-electron chi connectivity index (χ0n) is 12.1. The minimum Gasteiger partial charge on any atom is -0.337 e. The topological polar surface area (TPSA) is 144 Å². The van der Waals surface area contributed by atoms with Gasteiger partial charge in [-0.15, -0.1) is 14.6 Å². The fourth-order valence-electron chi connectivity index (χ4n) is 2.16. The summed E-state index contributed by atoms with van der Waals surface area (Å²) in [4.78, 5) is -0.570. The Labute approximate surface area is 142 Å². The van der Waals surface area contributed by atoms with Crippen LogP contribution in [0, 0.1) is 6.92 Å². The molecule has 0 saturated heterocycles. The lowest BCUT2D eigenvalue weighted by molar-refractivity contribution is 0.595. The number of nitrogens with zero attached hydrogens (tertiary/aromatic N) is 3. The van der Waals surface area contributed by atoms with Crippen molar-refractivity contribution in [2.45, 2.75) is 16.7 Å². The van der Waals surface area contributed by atoms with Crippen molar-refractivity contribution in [2.75, 3.05) is 5.32 Å². The van der Waals surface area contributed by atoms with Crippen LogP contribution in [0.1, 0.15) is 11.3 Å². The lowest BCUT2D eigenvalue weighted by atomic mass is 10.2. The Kier molecular flexibility index (Phi) is 3.83. The van der Waals surface area contributed by atoms with Gasteiger partial charge in [0.05, 0.1) is 10.6 Å². The number of hydrogen-bond donors (Lipinski definition) is 2. The number of fused-ring (bicyclic) bond motifs is 1. The molecule has 3 N–H and O–H groups in total. The lowest BCUT2D eigenvalue weighted by Crippen LogP contribution is -2.25. The highest BCUT2D eigenvalue weighted by molar-refractivity contribution is 7.91. The van der Waals surface area contributed by atoms with E-state index in [0.29, 0.717) is 5.56 Å². The maximum absolute atomic E-state index is 12.4. The maximum atomic E-state index is 12.4. The number of aromatic nitrogens is 2. The van der Waals surface area contributed by atoms with Gasteiger partial charge in [0.15, 0.2) is 11.0 Å². The second-order valence-electron chi connectivity index (χ2n) is 4.94. The average Bonchev–Trinajstić information content (AvgIpc) is 2.45. The zero-order valence-corrected chi connectivity index (χ0v) is 14.4. The van der Waals surface area contributed by atoms with Crippen molar-refractivity contribution in [3.8, 4) is 0 Å². The molecule has 126 valence electrons. The second kappa shape index (κ2) is 5.48. The fourth-order valence-corrected chi connectivity index (χ4v) is 4.26. The predicted molar refractivity (Wildman–Crippen MR) is 86.9 cm³/mol. The molecule has 0 spiro atoms. The molecule has 2 aromatic rings. The Morgan fingerprint density at radius 3 is 2.50 bits per heavy atom. The monoisotopic (exact) mass is 387 g/mol. The number of anilines is 1. The molecule has 3 rings (SSSR count). The highest BCUT2D eigenvalue weighted by Gasteiger charge is 2.29. The van der Waals surface area contributed by atoms with E-state index in [9.17, 15) is 16.8 Å². The number of hydrogen-bond acceptors (Lipinski definition) is 7. The highest BCUT2D eigenvalue weighted by Crippen LogP contribution is 2.32. The summed E-state index contributed by atoms with van der Waals surface area (Å²) in [6.45, 7) is 1.50. The van der Waals surface area contributed by atoms with Gasteiger partial charge in [0.1, 0.15) is 10.6 Å². The van der Waals surface area contributed by atoms with Gasteiger partial charge in [-0.25, -0.2) is 13.6 Å². The first-order valence-corrected chi connectivity index (χ1v) is 9.73. The van der Waals surface area contributed by atoms with E-state index in [1.165, 1.54) is 25.1 Å². The summed E-state index contributed by atoms with van der Waals surface area (Å²) in [5.41, 5.74) is 0.630. The third-order valence-corrected chi connectivity index (χ3v) is 5.77. The van der Waals surface area contributed by atoms with E-state index in [1.807, 2.05) is 0 Å². The van der Waals surface area contributed by atoms with Crippen LogP contribution in [0.3, 0.4) is 0 Å². The number of rotatable bonds is 2. The highest BCUT2D eigenvalue weighted by atomic mass is 35.5. The molecule has 1 aliphatic heterocycles. The molecule has 24 heavy (non-hydrogen) atoms. The summed E-state index contributed by atoms with van der Waals surface area (Å²) in [5.74, 6) is -0.0468. The molecule has 0 atom stereocenters. The van der Waals surface area contributed by atoms with Crippen LogP contribution in [0.15, 0.2) is 38.5 Å². The molecule has 12 heteroatoms. The molecule has 0 saturated carbocycles. The maximum Gasteiger partial charge on any atom is 0.286 e. The Morgan fingerprint density at radius 2 is 1.92 bits per heavy atom. The van der Waals surface area contributed by atoms with E-state index in [1.54, 1.807) is 0 Å². The van der Waals surface area contributed by atoms with Crippen molar-refractivity contribution in [2.24, 2.45) is 9.54 Å². The lowest BCUT2D eigenvalue weighted by Gasteiger charge is -2.19. The molecule has 0 radical (unpaired) electrons. The molecular weight excluding hydrogens is 378 g/mol. The quantitative estimate of drug-likeness (QED) is 0.769. The van der Waals surface area contributed by atoms with Crippen LogP contribution >= 0.6 is 11.6 Å². The van der Waals surface area contributed by atoms with Crippen molar-refractivity contribution in [3.05, 3.63) is 40.7 Å². The standard InChI is InChI=1S/C12H10ClN5O4S2/c1-6-4-8-10(5-9(6)23(14,19)20)24(21,22)18-12(15-8)7-2-3-11(13)17-16-7/h2-5H,1H3,(H,15,18)(H2,14,19,20). The normalized spacial score (nSPS) is 16.0. The van der Waals surface area contributed by atoms with Crippen molar-refractivity contribution < 1.29 is 16.8 Å². The number of aryl methyl sites for hydroxylation is 1.